The zero-order chi connectivity index (χ0) is 36.2. The highest BCUT2D eigenvalue weighted by Gasteiger charge is 2.31. The van der Waals surface area contributed by atoms with Crippen LogP contribution in [0.1, 0.15) is 34.4 Å². The molecule has 2 bridgehead atoms. The normalized spacial score (nSPS) is 19.6. The number of nitrogens with one attached hydrogen (secondary N) is 4. The molecule has 2 aliphatic rings. The van der Waals surface area contributed by atoms with Crippen molar-refractivity contribution >= 4 is 52.5 Å². The number of fused-ring (bicyclic) bond motifs is 18. The number of thiophene rings is 1. The molecule has 51 heavy (non-hydrogen) atoms. The van der Waals surface area contributed by atoms with Crippen LogP contribution in [-0.2, 0) is 54.6 Å². The number of hydrogen-bond acceptors (Lipinski definition) is 7. The van der Waals surface area contributed by atoms with Gasteiger partial charge in [0, 0.05) is 49.2 Å². The number of rotatable bonds is 7. The van der Waals surface area contributed by atoms with E-state index >= 15 is 0 Å². The molecule has 0 aliphatic carbocycles. The summed E-state index contributed by atoms with van der Waals surface area (Å²) in [7, 11) is 0. The van der Waals surface area contributed by atoms with Crippen LogP contribution in [0.2, 0.25) is 0 Å². The molecule has 0 fully saturated rings. The summed E-state index contributed by atoms with van der Waals surface area (Å²) in [6.07, 6.45) is -0.190. The van der Waals surface area contributed by atoms with Crippen molar-refractivity contribution in [3.8, 4) is 0 Å². The minimum Gasteiger partial charge on any atom is -0.480 e. The Kier molecular flexibility index (Phi) is 12.7. The number of aliphatic carboxylic acids is 1. The van der Waals surface area contributed by atoms with E-state index in [-0.39, 0.29) is 38.6 Å². The van der Waals surface area contributed by atoms with Gasteiger partial charge in [0.05, 0.1) is 6.54 Å². The van der Waals surface area contributed by atoms with Gasteiger partial charge in [0.25, 0.3) is 0 Å². The van der Waals surface area contributed by atoms with Crippen LogP contribution in [0.5, 0.6) is 0 Å². The Labute approximate surface area is 299 Å². The highest BCUT2D eigenvalue weighted by molar-refractivity contribution is 7.09. The van der Waals surface area contributed by atoms with Crippen molar-refractivity contribution in [3.05, 3.63) is 124 Å². The molecule has 6 rings (SSSR count). The summed E-state index contributed by atoms with van der Waals surface area (Å²) in [6, 6.07) is 24.6. The largest absolute Gasteiger partial charge is 0.480 e. The summed E-state index contributed by atoms with van der Waals surface area (Å²) in [5, 5.41) is 22.7. The predicted octanol–water partition coefficient (Wildman–Crippen LogP) is 3.08. The van der Waals surface area contributed by atoms with E-state index in [0.29, 0.717) is 11.3 Å². The molecule has 3 heterocycles. The third kappa shape index (κ3) is 11.1. The van der Waals surface area contributed by atoms with Crippen molar-refractivity contribution in [2.75, 3.05) is 11.9 Å². The van der Waals surface area contributed by atoms with E-state index < -0.39 is 60.2 Å². The second-order valence-electron chi connectivity index (χ2n) is 12.2. The summed E-state index contributed by atoms with van der Waals surface area (Å²) in [5.41, 5.74) is 2.49. The molecule has 0 spiro atoms. The van der Waals surface area contributed by atoms with Crippen molar-refractivity contribution in [3.63, 3.8) is 0 Å². The minimum atomic E-state index is -1.33. The quantitative estimate of drug-likeness (QED) is 0.184. The Morgan fingerprint density at radius 3 is 2.00 bits per heavy atom. The maximum atomic E-state index is 14.3. The van der Waals surface area contributed by atoms with Gasteiger partial charge in [0.15, 0.2) is 0 Å². The van der Waals surface area contributed by atoms with Crippen molar-refractivity contribution in [2.24, 2.45) is 0 Å². The molecule has 2 aliphatic heterocycles. The molecule has 4 aromatic rings. The van der Waals surface area contributed by atoms with Crippen LogP contribution in [0.15, 0.2) is 102 Å². The van der Waals surface area contributed by atoms with Crippen LogP contribution in [0.25, 0.3) is 0 Å². The van der Waals surface area contributed by atoms with E-state index in [1.807, 2.05) is 29.6 Å². The number of nitrogens with zero attached hydrogens (tertiary/aromatic N) is 1. The van der Waals surface area contributed by atoms with Crippen molar-refractivity contribution < 1.29 is 33.9 Å². The fraction of sp³-hybridized carbons (Fsp3) is 0.263. The number of benzene rings is 3. The van der Waals surface area contributed by atoms with Gasteiger partial charge in [-0.05, 0) is 40.3 Å². The van der Waals surface area contributed by atoms with Gasteiger partial charge >= 0.3 is 5.97 Å². The van der Waals surface area contributed by atoms with Gasteiger partial charge < -0.3 is 31.3 Å². The van der Waals surface area contributed by atoms with E-state index in [4.69, 9.17) is 0 Å². The Morgan fingerprint density at radius 2 is 1.35 bits per heavy atom. The molecule has 13 heteroatoms. The lowest BCUT2D eigenvalue weighted by atomic mass is 10.0. The number of carbonyl (C=O) groups excluding carboxylic acids is 5. The second kappa shape index (κ2) is 17.7. The van der Waals surface area contributed by atoms with Crippen LogP contribution in [0.4, 0.5) is 5.69 Å². The first-order chi connectivity index (χ1) is 24.6. The topological polar surface area (TPSA) is 174 Å². The average molecular weight is 710 g/mol. The van der Waals surface area contributed by atoms with Gasteiger partial charge in [-0.3, -0.25) is 24.0 Å². The van der Waals surface area contributed by atoms with E-state index in [1.54, 1.807) is 72.8 Å². The first-order valence-corrected chi connectivity index (χ1v) is 17.4. The molecule has 0 saturated carbocycles. The van der Waals surface area contributed by atoms with Crippen molar-refractivity contribution in [1.29, 1.82) is 0 Å². The highest BCUT2D eigenvalue weighted by atomic mass is 32.1. The standard InChI is InChI=1S/C38H39N5O7S/c44-33-17-18-34(45)41-31(22-29-12-7-19-51-29)37(48)43(23-27-10-5-2-6-11-27)24-35(46)40-30(20-25-8-3-1-4-9-25)36(47)42-32(38(49)50)21-26-13-15-28(39-33)16-14-26/h1-16,19,30-32H,17-18,20-24H2,(H,39,44)(H,40,46)(H,41,45)(H,42,47)(H,49,50). The van der Waals surface area contributed by atoms with E-state index in [1.165, 1.54) is 16.2 Å². The molecule has 5 amide bonds. The van der Waals surface area contributed by atoms with Gasteiger partial charge in [-0.15, -0.1) is 11.3 Å². The SMILES string of the molecule is O=C1CCC(=O)NC(Cc2cccs2)C(=O)N(Cc2ccccc2)CC(=O)NC(Cc2ccccc2)C(=O)NC(C(=O)O)Cc2ccc(cc2)N1. The third-order valence-corrected chi connectivity index (χ3v) is 9.19. The van der Waals surface area contributed by atoms with Crippen LogP contribution < -0.4 is 21.3 Å². The molecule has 3 unspecified atom stereocenters. The molecule has 264 valence electrons. The summed E-state index contributed by atoms with van der Waals surface area (Å²) < 4.78 is 0. The Balaban J connectivity index is 1.48. The summed E-state index contributed by atoms with van der Waals surface area (Å²) in [4.78, 5) is 82.1. The van der Waals surface area contributed by atoms with Crippen LogP contribution in [-0.4, -0.2) is 70.2 Å². The predicted molar refractivity (Wildman–Crippen MR) is 191 cm³/mol. The zero-order valence-electron chi connectivity index (χ0n) is 27.7. The summed E-state index contributed by atoms with van der Waals surface area (Å²) in [5.74, 6) is -4.09. The number of amides is 5. The molecule has 0 saturated heterocycles. The van der Waals surface area contributed by atoms with Gasteiger partial charge in [0.2, 0.25) is 29.5 Å². The first-order valence-electron chi connectivity index (χ1n) is 16.5. The van der Waals surface area contributed by atoms with Crippen LogP contribution in [0.3, 0.4) is 0 Å². The summed E-state index contributed by atoms with van der Waals surface area (Å²) >= 11 is 1.42. The molecule has 3 atom stereocenters. The maximum absolute atomic E-state index is 14.3. The second-order valence-corrected chi connectivity index (χ2v) is 13.3. The number of carboxylic acids is 1. The molecular weight excluding hydrogens is 671 g/mol. The summed E-state index contributed by atoms with van der Waals surface area (Å²) in [6.45, 7) is -0.430. The monoisotopic (exact) mass is 709 g/mol. The van der Waals surface area contributed by atoms with E-state index in [2.05, 4.69) is 21.3 Å². The zero-order valence-corrected chi connectivity index (χ0v) is 28.6. The van der Waals surface area contributed by atoms with Gasteiger partial charge in [0.1, 0.15) is 18.1 Å². The van der Waals surface area contributed by atoms with E-state index in [9.17, 15) is 33.9 Å². The third-order valence-electron chi connectivity index (χ3n) is 8.29. The fourth-order valence-corrected chi connectivity index (χ4v) is 6.44. The lowest BCUT2D eigenvalue weighted by Gasteiger charge is -2.29. The van der Waals surface area contributed by atoms with Gasteiger partial charge in [-0.25, -0.2) is 4.79 Å². The Morgan fingerprint density at radius 1 is 0.706 bits per heavy atom. The number of carbonyl (C=O) groups is 6. The molecule has 0 radical (unpaired) electrons. The fourth-order valence-electron chi connectivity index (χ4n) is 5.69. The molecule has 3 aromatic carbocycles. The molecule has 5 N–H and O–H groups in total. The lowest BCUT2D eigenvalue weighted by molar-refractivity contribution is -0.142. The average Bonchev–Trinajstić information content (AvgIpc) is 3.64. The van der Waals surface area contributed by atoms with Gasteiger partial charge in [-0.2, -0.15) is 0 Å². The lowest BCUT2D eigenvalue weighted by Crippen LogP contribution is -2.56. The van der Waals surface area contributed by atoms with Crippen LogP contribution in [0, 0.1) is 0 Å². The Bertz CT molecular complexity index is 1820. The van der Waals surface area contributed by atoms with E-state index in [0.717, 1.165) is 16.0 Å². The van der Waals surface area contributed by atoms with Crippen molar-refractivity contribution in [1.82, 2.24) is 20.9 Å². The molecule has 1 aromatic heterocycles. The first kappa shape index (κ1) is 36.5. The van der Waals surface area contributed by atoms with Crippen molar-refractivity contribution in [2.45, 2.75) is 56.8 Å². The molecule has 12 nitrogen and oxygen atoms in total. The number of hydrogen-bond donors (Lipinski definition) is 5. The number of anilines is 1. The number of carboxylic acid groups (broad SMARTS) is 1. The molecular formula is C38H39N5O7S. The highest BCUT2D eigenvalue weighted by Crippen LogP contribution is 2.16. The maximum Gasteiger partial charge on any atom is 0.326 e. The minimum absolute atomic E-state index is 0.0279. The Hall–Kier alpha value is -5.82. The van der Waals surface area contributed by atoms with Crippen LogP contribution >= 0.6 is 11.3 Å². The van der Waals surface area contributed by atoms with Gasteiger partial charge in [-0.1, -0.05) is 78.9 Å². The smallest absolute Gasteiger partial charge is 0.326 e.